The van der Waals surface area contributed by atoms with Gasteiger partial charge in [-0.25, -0.2) is 0 Å². The molecule has 0 radical (unpaired) electrons. The van der Waals surface area contributed by atoms with Crippen LogP contribution in [0, 0.1) is 5.92 Å². The highest BCUT2D eigenvalue weighted by atomic mass is 16.5. The Bertz CT molecular complexity index is 310. The van der Waals surface area contributed by atoms with Gasteiger partial charge in [-0.2, -0.15) is 0 Å². The van der Waals surface area contributed by atoms with E-state index in [0.29, 0.717) is 0 Å². The van der Waals surface area contributed by atoms with Gasteiger partial charge in [-0.1, -0.05) is 39.8 Å². The molecule has 1 aromatic carbocycles. The van der Waals surface area contributed by atoms with Gasteiger partial charge in [0.05, 0.1) is 6.61 Å². The molecule has 0 fully saturated rings. The molecule has 0 atom stereocenters. The van der Waals surface area contributed by atoms with Crippen LogP contribution >= 0.6 is 0 Å². The Balaban J connectivity index is 0.000000631. The molecule has 1 rings (SSSR count). The summed E-state index contributed by atoms with van der Waals surface area (Å²) in [7, 11) is 0. The zero-order valence-electron chi connectivity index (χ0n) is 12.7. The molecule has 0 heterocycles. The summed E-state index contributed by atoms with van der Waals surface area (Å²) in [5.74, 6) is 1.64. The first kappa shape index (κ1) is 17.0. The molecule has 0 bridgehead atoms. The van der Waals surface area contributed by atoms with Crippen LogP contribution in [-0.4, -0.2) is 17.3 Å². The van der Waals surface area contributed by atoms with Crippen molar-refractivity contribution < 1.29 is 9.84 Å². The minimum Gasteiger partial charge on any atom is -0.485 e. The topological polar surface area (TPSA) is 29.5 Å². The highest BCUT2D eigenvalue weighted by Gasteiger charge is 2.17. The minimum absolute atomic E-state index is 0.0164. The van der Waals surface area contributed by atoms with Crippen molar-refractivity contribution in [2.75, 3.05) is 6.61 Å². The summed E-state index contributed by atoms with van der Waals surface area (Å²) >= 11 is 0. The van der Waals surface area contributed by atoms with Gasteiger partial charge in [0.1, 0.15) is 11.4 Å². The van der Waals surface area contributed by atoms with Crippen molar-refractivity contribution in [2.45, 2.75) is 53.6 Å². The summed E-state index contributed by atoms with van der Waals surface area (Å²) in [6, 6.07) is 7.97. The third-order valence-electron chi connectivity index (χ3n) is 2.11. The Hall–Kier alpha value is -1.02. The van der Waals surface area contributed by atoms with E-state index >= 15 is 0 Å². The summed E-state index contributed by atoms with van der Waals surface area (Å²) in [4.78, 5) is 0. The number of hydrogen-bond donors (Lipinski definition) is 1. The molecule has 1 aromatic rings. The second-order valence-electron chi connectivity index (χ2n) is 5.75. The molecule has 0 aliphatic heterocycles. The summed E-state index contributed by atoms with van der Waals surface area (Å²) in [6.45, 7) is 12.4. The zero-order valence-corrected chi connectivity index (χ0v) is 12.7. The first-order valence-corrected chi connectivity index (χ1v) is 6.69. The average molecular weight is 252 g/mol. The van der Waals surface area contributed by atoms with Crippen molar-refractivity contribution >= 4 is 0 Å². The number of benzene rings is 1. The van der Waals surface area contributed by atoms with Gasteiger partial charge in [-0.3, -0.25) is 0 Å². The van der Waals surface area contributed by atoms with Crippen LogP contribution in [0.4, 0.5) is 0 Å². The Kier molecular flexibility index (Phi) is 7.69. The van der Waals surface area contributed by atoms with Crippen LogP contribution in [0.25, 0.3) is 0 Å². The molecule has 2 heteroatoms. The quantitative estimate of drug-likeness (QED) is 0.875. The van der Waals surface area contributed by atoms with E-state index < -0.39 is 5.60 Å². The van der Waals surface area contributed by atoms with Gasteiger partial charge < -0.3 is 9.84 Å². The molecule has 0 aliphatic carbocycles. The van der Waals surface area contributed by atoms with Crippen molar-refractivity contribution in [1.82, 2.24) is 0 Å². The number of aliphatic hydroxyl groups is 1. The van der Waals surface area contributed by atoms with E-state index in [0.717, 1.165) is 18.1 Å². The Labute approximate surface area is 112 Å². The second kappa shape index (κ2) is 8.15. The molecule has 0 saturated heterocycles. The Morgan fingerprint density at radius 2 is 1.56 bits per heavy atom. The molecular weight excluding hydrogens is 224 g/mol. The van der Waals surface area contributed by atoms with Crippen molar-refractivity contribution in [3.8, 4) is 5.75 Å². The minimum atomic E-state index is -0.506. The maximum Gasteiger partial charge on any atom is 0.126 e. The van der Waals surface area contributed by atoms with Crippen LogP contribution in [-0.2, 0) is 6.42 Å². The van der Waals surface area contributed by atoms with Crippen LogP contribution in [0.5, 0.6) is 5.75 Å². The van der Waals surface area contributed by atoms with Crippen LogP contribution in [0.1, 0.15) is 47.1 Å². The molecule has 0 spiro atoms. The van der Waals surface area contributed by atoms with Crippen LogP contribution in [0.3, 0.4) is 0 Å². The highest BCUT2D eigenvalue weighted by molar-refractivity contribution is 5.27. The van der Waals surface area contributed by atoms with Crippen molar-refractivity contribution in [3.05, 3.63) is 29.8 Å². The van der Waals surface area contributed by atoms with Crippen LogP contribution in [0.15, 0.2) is 24.3 Å². The van der Waals surface area contributed by atoms with Crippen molar-refractivity contribution in [3.63, 3.8) is 0 Å². The van der Waals surface area contributed by atoms with E-state index in [2.05, 4.69) is 27.7 Å². The van der Waals surface area contributed by atoms with E-state index in [4.69, 9.17) is 9.84 Å². The lowest BCUT2D eigenvalue weighted by Crippen LogP contribution is -2.32. The van der Waals surface area contributed by atoms with E-state index in [1.54, 1.807) is 0 Å². The van der Waals surface area contributed by atoms with Gasteiger partial charge in [0.15, 0.2) is 0 Å². The smallest absolute Gasteiger partial charge is 0.126 e. The summed E-state index contributed by atoms with van der Waals surface area (Å²) in [5.41, 5.74) is 0.785. The van der Waals surface area contributed by atoms with Gasteiger partial charge in [0, 0.05) is 0 Å². The molecule has 0 saturated carbocycles. The van der Waals surface area contributed by atoms with Gasteiger partial charge in [0.25, 0.3) is 0 Å². The predicted octanol–water partition coefficient (Wildman–Crippen LogP) is 4.06. The van der Waals surface area contributed by atoms with Crippen LogP contribution in [0.2, 0.25) is 0 Å². The molecule has 0 amide bonds. The summed E-state index contributed by atoms with van der Waals surface area (Å²) < 4.78 is 5.60. The molecule has 0 unspecified atom stereocenters. The second-order valence-corrected chi connectivity index (χ2v) is 5.75. The predicted molar refractivity (Wildman–Crippen MR) is 78.1 cm³/mol. The molecule has 2 nitrogen and oxygen atoms in total. The monoisotopic (exact) mass is 252 g/mol. The first-order valence-electron chi connectivity index (χ1n) is 6.69. The number of aliphatic hydroxyl groups excluding tert-OH is 1. The lowest BCUT2D eigenvalue weighted by molar-refractivity contribution is 0.0412. The molecular formula is C16H28O2. The third kappa shape index (κ3) is 8.13. The highest BCUT2D eigenvalue weighted by Crippen LogP contribution is 2.18. The number of ether oxygens (including phenoxy) is 1. The average Bonchev–Trinajstić information content (AvgIpc) is 2.29. The van der Waals surface area contributed by atoms with E-state index in [1.807, 2.05) is 38.1 Å². The molecule has 18 heavy (non-hydrogen) atoms. The molecule has 0 aromatic heterocycles. The maximum absolute atomic E-state index is 9.03. The first-order chi connectivity index (χ1) is 8.30. The molecule has 0 aliphatic rings. The number of aryl methyl sites for hydroxylation is 1. The largest absolute Gasteiger partial charge is 0.485 e. The van der Waals surface area contributed by atoms with Gasteiger partial charge in [-0.05, 0) is 43.9 Å². The van der Waals surface area contributed by atoms with E-state index in [-0.39, 0.29) is 6.61 Å². The van der Waals surface area contributed by atoms with Gasteiger partial charge in [-0.15, -0.1) is 0 Å². The van der Waals surface area contributed by atoms with Crippen molar-refractivity contribution in [1.29, 1.82) is 0 Å². The number of hydrogen-bond acceptors (Lipinski definition) is 2. The Morgan fingerprint density at radius 1 is 1.11 bits per heavy atom. The fraction of sp³-hybridized carbons (Fsp3) is 0.625. The lowest BCUT2D eigenvalue weighted by atomic mass is 10.1. The fourth-order valence-corrected chi connectivity index (χ4v) is 1.14. The molecule has 104 valence electrons. The normalized spacial score (nSPS) is 10.9. The van der Waals surface area contributed by atoms with Gasteiger partial charge >= 0.3 is 0 Å². The number of rotatable bonds is 4. The standard InChI is InChI=1S/C12H18O2.C4H10/c1-4-10-5-7-11(8-6-10)14-12(2,3)9-13;1-4(2)3/h5-8,13H,4,9H2,1-3H3;4H,1-3H3. The Morgan fingerprint density at radius 3 is 1.89 bits per heavy atom. The maximum atomic E-state index is 9.03. The third-order valence-corrected chi connectivity index (χ3v) is 2.11. The lowest BCUT2D eigenvalue weighted by Gasteiger charge is -2.23. The fourth-order valence-electron chi connectivity index (χ4n) is 1.14. The van der Waals surface area contributed by atoms with Gasteiger partial charge in [0.2, 0.25) is 0 Å². The SMILES string of the molecule is CC(C)C.CCc1ccc(OC(C)(C)CO)cc1. The molecule has 1 N–H and O–H groups in total. The summed E-state index contributed by atoms with van der Waals surface area (Å²) in [5, 5.41) is 9.03. The van der Waals surface area contributed by atoms with Crippen molar-refractivity contribution in [2.24, 2.45) is 5.92 Å². The zero-order chi connectivity index (χ0) is 14.2. The summed E-state index contributed by atoms with van der Waals surface area (Å²) in [6.07, 6.45) is 1.03. The van der Waals surface area contributed by atoms with E-state index in [9.17, 15) is 0 Å². The van der Waals surface area contributed by atoms with E-state index in [1.165, 1.54) is 5.56 Å². The van der Waals surface area contributed by atoms with Crippen LogP contribution < -0.4 is 4.74 Å².